The molecule has 2 aromatic carbocycles. The van der Waals surface area contributed by atoms with Crippen molar-refractivity contribution in [2.24, 2.45) is 5.10 Å². The lowest BCUT2D eigenvalue weighted by Gasteiger charge is -2.11. The molecule has 0 aliphatic carbocycles. The normalized spacial score (nSPS) is 11.3. The lowest BCUT2D eigenvalue weighted by molar-refractivity contribution is -0.139. The molecule has 3 aromatic rings. The molecule has 184 valence electrons. The molecule has 0 atom stereocenters. The van der Waals surface area contributed by atoms with Crippen LogP contribution in [0.2, 0.25) is 4.34 Å². The molecule has 14 heteroatoms. The molecule has 0 saturated carbocycles. The smallest absolute Gasteiger partial charge is 0.341 e. The van der Waals surface area contributed by atoms with Crippen LogP contribution in [-0.4, -0.2) is 45.3 Å². The van der Waals surface area contributed by atoms with Crippen LogP contribution in [0.1, 0.15) is 15.9 Å². The zero-order chi connectivity index (χ0) is 25.6. The van der Waals surface area contributed by atoms with Crippen molar-refractivity contribution in [3.05, 3.63) is 69.8 Å². The van der Waals surface area contributed by atoms with Crippen molar-refractivity contribution in [1.29, 1.82) is 0 Å². The molecule has 1 amide bonds. The molecule has 1 aromatic heterocycles. The molecule has 3 N–H and O–H groups in total. The van der Waals surface area contributed by atoms with E-state index in [0.717, 1.165) is 29.5 Å². The molecule has 1 heterocycles. The molecule has 3 rings (SSSR count). The van der Waals surface area contributed by atoms with Gasteiger partial charge in [0.25, 0.3) is 15.9 Å². The summed E-state index contributed by atoms with van der Waals surface area (Å²) in [5.74, 6) is -2.37. The third-order valence-electron chi connectivity index (χ3n) is 4.23. The molecule has 35 heavy (non-hydrogen) atoms. The molecule has 0 aliphatic heterocycles. The van der Waals surface area contributed by atoms with Gasteiger partial charge in [0.1, 0.15) is 21.5 Å². The van der Waals surface area contributed by atoms with Crippen molar-refractivity contribution >= 4 is 56.7 Å². The fraction of sp³-hybridized carbons (Fsp3) is 0.0952. The van der Waals surface area contributed by atoms with Crippen LogP contribution in [0, 0.1) is 5.82 Å². The quantitative estimate of drug-likeness (QED) is 0.263. The van der Waals surface area contributed by atoms with Gasteiger partial charge in [0.2, 0.25) is 0 Å². The molecule has 0 spiro atoms. The third-order valence-corrected chi connectivity index (χ3v) is 7.31. The van der Waals surface area contributed by atoms with Crippen molar-refractivity contribution < 1.29 is 37.0 Å². The maximum absolute atomic E-state index is 13.8. The number of aliphatic carboxylic acids is 1. The lowest BCUT2D eigenvalue weighted by Crippen LogP contribution is -2.21. The van der Waals surface area contributed by atoms with Gasteiger partial charge in [0.15, 0.2) is 6.61 Å². The van der Waals surface area contributed by atoms with Crippen molar-refractivity contribution in [1.82, 2.24) is 5.43 Å². The molecule has 0 bridgehead atoms. The predicted octanol–water partition coefficient (Wildman–Crippen LogP) is 3.58. The Hall–Kier alpha value is -3.68. The van der Waals surface area contributed by atoms with Gasteiger partial charge in [-0.25, -0.2) is 23.0 Å². The lowest BCUT2D eigenvalue weighted by atomic mass is 10.1. The van der Waals surface area contributed by atoms with E-state index in [-0.39, 0.29) is 25.5 Å². The number of thiophene rings is 1. The first-order chi connectivity index (χ1) is 16.6. The van der Waals surface area contributed by atoms with E-state index in [0.29, 0.717) is 11.3 Å². The predicted molar refractivity (Wildman–Crippen MR) is 128 cm³/mol. The van der Waals surface area contributed by atoms with Crippen LogP contribution >= 0.6 is 22.9 Å². The summed E-state index contributed by atoms with van der Waals surface area (Å²) in [4.78, 5) is 23.5. The Morgan fingerprint density at radius 2 is 1.97 bits per heavy atom. The van der Waals surface area contributed by atoms with Gasteiger partial charge in [0, 0.05) is 11.6 Å². The number of hydrogen-bond acceptors (Lipinski definition) is 8. The van der Waals surface area contributed by atoms with Gasteiger partial charge in [-0.1, -0.05) is 11.6 Å². The molecular weight excluding hydrogens is 525 g/mol. The summed E-state index contributed by atoms with van der Waals surface area (Å²) < 4.78 is 51.7. The molecule has 0 unspecified atom stereocenters. The highest BCUT2D eigenvalue weighted by Crippen LogP contribution is 2.28. The average Bonchev–Trinajstić information content (AvgIpc) is 3.26. The maximum Gasteiger partial charge on any atom is 0.341 e. The van der Waals surface area contributed by atoms with Crippen LogP contribution < -0.4 is 19.6 Å². The number of carboxylic acid groups (broad SMARTS) is 1. The summed E-state index contributed by atoms with van der Waals surface area (Å²) in [6.07, 6.45) is 1.17. The van der Waals surface area contributed by atoms with Crippen molar-refractivity contribution in [3.63, 3.8) is 0 Å². The molecule has 0 fully saturated rings. The van der Waals surface area contributed by atoms with Crippen LogP contribution in [0.15, 0.2) is 57.8 Å². The second kappa shape index (κ2) is 11.2. The highest BCUT2D eigenvalue weighted by atomic mass is 35.5. The average molecular weight is 542 g/mol. The third kappa shape index (κ3) is 6.91. The van der Waals surface area contributed by atoms with E-state index in [9.17, 15) is 22.4 Å². The second-order valence-corrected chi connectivity index (χ2v) is 10.3. The number of carboxylic acids is 1. The number of hydrogen-bond donors (Lipinski definition) is 3. The number of nitrogens with zero attached hydrogens (tertiary/aromatic N) is 1. The van der Waals surface area contributed by atoms with Crippen molar-refractivity contribution in [2.75, 3.05) is 18.4 Å². The number of nitrogens with one attached hydrogen (secondary N) is 2. The number of amides is 1. The zero-order valence-corrected chi connectivity index (χ0v) is 20.2. The minimum Gasteiger partial charge on any atom is -0.497 e. The number of ether oxygens (including phenoxy) is 2. The van der Waals surface area contributed by atoms with Crippen LogP contribution in [-0.2, 0) is 14.8 Å². The van der Waals surface area contributed by atoms with Gasteiger partial charge in [-0.2, -0.15) is 5.10 Å². The van der Waals surface area contributed by atoms with E-state index in [1.54, 1.807) is 6.07 Å². The number of rotatable bonds is 10. The highest BCUT2D eigenvalue weighted by molar-refractivity contribution is 7.94. The SMILES string of the molecule is COc1ccc(C=NNC(=O)c2cc(F)ccc2NS(=O)(=O)c2ccc(Cl)s2)c(OCC(=O)O)c1. The first-order valence-electron chi connectivity index (χ1n) is 9.53. The number of sulfonamides is 1. The minimum absolute atomic E-state index is 0.0930. The number of halogens is 2. The highest BCUT2D eigenvalue weighted by Gasteiger charge is 2.21. The van der Waals surface area contributed by atoms with Gasteiger partial charge < -0.3 is 14.6 Å². The summed E-state index contributed by atoms with van der Waals surface area (Å²) in [7, 11) is -2.66. The van der Waals surface area contributed by atoms with E-state index in [1.807, 2.05) is 0 Å². The minimum atomic E-state index is -4.08. The Morgan fingerprint density at radius 1 is 1.20 bits per heavy atom. The van der Waals surface area contributed by atoms with Crippen molar-refractivity contribution in [2.45, 2.75) is 4.21 Å². The maximum atomic E-state index is 13.8. The van der Waals surface area contributed by atoms with Gasteiger partial charge in [0.05, 0.1) is 28.9 Å². The van der Waals surface area contributed by atoms with Crippen LogP contribution in [0.25, 0.3) is 0 Å². The monoisotopic (exact) mass is 541 g/mol. The number of benzene rings is 2. The fourth-order valence-electron chi connectivity index (χ4n) is 2.66. The zero-order valence-electron chi connectivity index (χ0n) is 17.8. The fourth-order valence-corrected chi connectivity index (χ4v) is 5.23. The number of carbonyl (C=O) groups excluding carboxylic acids is 1. The van der Waals surface area contributed by atoms with Crippen LogP contribution in [0.4, 0.5) is 10.1 Å². The molecule has 0 saturated heterocycles. The molecular formula is C21H17ClFN3O7S2. The Labute approximate surface area is 208 Å². The van der Waals surface area contributed by atoms with E-state index in [2.05, 4.69) is 15.2 Å². The summed E-state index contributed by atoms with van der Waals surface area (Å²) in [5, 5.41) is 12.6. The van der Waals surface area contributed by atoms with Crippen LogP contribution in [0.3, 0.4) is 0 Å². The first-order valence-corrected chi connectivity index (χ1v) is 12.2. The topological polar surface area (TPSA) is 143 Å². The Balaban J connectivity index is 1.81. The first kappa shape index (κ1) is 25.9. The molecule has 10 nitrogen and oxygen atoms in total. The Bertz CT molecular complexity index is 1390. The standard InChI is InChI=1S/C21H17ClFN3O7S2/c1-32-14-4-2-12(17(9-14)33-11-19(27)28)10-24-25-21(29)15-8-13(23)3-5-16(15)26-35(30,31)20-7-6-18(22)34-20/h2-10,26H,11H2,1H3,(H,25,29)(H,27,28). The van der Waals surface area contributed by atoms with Gasteiger partial charge >= 0.3 is 5.97 Å². The van der Waals surface area contributed by atoms with Gasteiger partial charge in [-0.3, -0.25) is 9.52 Å². The molecule has 0 aliphatic rings. The number of hydrazone groups is 1. The summed E-state index contributed by atoms with van der Waals surface area (Å²) in [6.45, 7) is -0.622. The number of carbonyl (C=O) groups is 2. The summed E-state index contributed by atoms with van der Waals surface area (Å²) >= 11 is 6.61. The largest absolute Gasteiger partial charge is 0.497 e. The number of anilines is 1. The van der Waals surface area contributed by atoms with E-state index in [4.69, 9.17) is 26.2 Å². The van der Waals surface area contributed by atoms with Crippen LogP contribution in [0.5, 0.6) is 11.5 Å². The number of methoxy groups -OCH3 is 1. The summed E-state index contributed by atoms with van der Waals surface area (Å²) in [5.41, 5.74) is 1.97. The summed E-state index contributed by atoms with van der Waals surface area (Å²) in [6, 6.07) is 10.1. The molecule has 0 radical (unpaired) electrons. The van der Waals surface area contributed by atoms with Gasteiger partial charge in [-0.05, 0) is 42.5 Å². The van der Waals surface area contributed by atoms with Crippen molar-refractivity contribution in [3.8, 4) is 11.5 Å². The van der Waals surface area contributed by atoms with E-state index in [1.165, 1.54) is 37.6 Å². The second-order valence-electron chi connectivity index (χ2n) is 6.64. The Morgan fingerprint density at radius 3 is 2.63 bits per heavy atom. The van der Waals surface area contributed by atoms with E-state index >= 15 is 0 Å². The van der Waals surface area contributed by atoms with Gasteiger partial charge in [-0.15, -0.1) is 11.3 Å². The Kier molecular flexibility index (Phi) is 8.27. The van der Waals surface area contributed by atoms with E-state index < -0.39 is 34.3 Å².